The summed E-state index contributed by atoms with van der Waals surface area (Å²) >= 11 is 0. The number of carbonyl (C=O) groups excluding carboxylic acids is 1. The smallest absolute Gasteiger partial charge is 0.321 e. The second-order valence-corrected chi connectivity index (χ2v) is 10.4. The number of piperazine rings is 1. The topological polar surface area (TPSA) is 99.0 Å². The summed E-state index contributed by atoms with van der Waals surface area (Å²) in [5.74, 6) is 0.276. The lowest BCUT2D eigenvalue weighted by Crippen LogP contribution is -2.51. The molecule has 0 spiro atoms. The summed E-state index contributed by atoms with van der Waals surface area (Å²) in [6.07, 6.45) is 1.02. The van der Waals surface area contributed by atoms with Crippen LogP contribution in [-0.4, -0.2) is 61.5 Å². The van der Waals surface area contributed by atoms with Gasteiger partial charge in [0.25, 0.3) is 0 Å². The van der Waals surface area contributed by atoms with Gasteiger partial charge in [0.2, 0.25) is 10.0 Å². The lowest BCUT2D eigenvalue weighted by Gasteiger charge is -2.33. The summed E-state index contributed by atoms with van der Waals surface area (Å²) in [5.41, 5.74) is 4.70. The van der Waals surface area contributed by atoms with Gasteiger partial charge >= 0.3 is 6.03 Å². The van der Waals surface area contributed by atoms with E-state index in [2.05, 4.69) is 33.6 Å². The van der Waals surface area contributed by atoms with Gasteiger partial charge in [0.15, 0.2) is 5.76 Å². The second kappa shape index (κ2) is 8.77. The minimum atomic E-state index is -3.71. The van der Waals surface area contributed by atoms with E-state index in [9.17, 15) is 13.2 Å². The highest BCUT2D eigenvalue weighted by Gasteiger charge is 2.34. The molecule has 0 saturated carbocycles. The fraction of sp³-hybridized carbons (Fsp3) is 0.333. The van der Waals surface area contributed by atoms with Crippen molar-refractivity contribution in [3.05, 3.63) is 65.5 Å². The SMILES string of the molecule is Cc1noc(C)c1S(=O)(=O)N1CCN(C(=O)Nc2ccc(N3CCc4ccccc43)cc2)CC1. The van der Waals surface area contributed by atoms with E-state index < -0.39 is 10.0 Å². The molecule has 10 heteroatoms. The highest BCUT2D eigenvalue weighted by molar-refractivity contribution is 7.89. The molecule has 1 aromatic heterocycles. The molecule has 3 heterocycles. The number of fused-ring (bicyclic) bond motifs is 1. The van der Waals surface area contributed by atoms with Gasteiger partial charge < -0.3 is 19.6 Å². The van der Waals surface area contributed by atoms with Crippen molar-refractivity contribution in [2.24, 2.45) is 0 Å². The van der Waals surface area contributed by atoms with Gasteiger partial charge in [0.1, 0.15) is 10.6 Å². The number of urea groups is 1. The molecular formula is C24H27N5O4S. The Morgan fingerprint density at radius 2 is 1.68 bits per heavy atom. The van der Waals surface area contributed by atoms with Gasteiger partial charge in [-0.15, -0.1) is 0 Å². The average molecular weight is 482 g/mol. The summed E-state index contributed by atoms with van der Waals surface area (Å²) in [5, 5.41) is 6.67. The van der Waals surface area contributed by atoms with Gasteiger partial charge in [-0.25, -0.2) is 13.2 Å². The number of carbonyl (C=O) groups is 1. The second-order valence-electron chi connectivity index (χ2n) is 8.55. The van der Waals surface area contributed by atoms with Gasteiger partial charge in [-0.05, 0) is 56.2 Å². The molecule has 2 aliphatic rings. The first kappa shape index (κ1) is 22.4. The van der Waals surface area contributed by atoms with Crippen molar-refractivity contribution in [1.29, 1.82) is 0 Å². The van der Waals surface area contributed by atoms with Crippen LogP contribution in [0.25, 0.3) is 0 Å². The van der Waals surface area contributed by atoms with Crippen LogP contribution < -0.4 is 10.2 Å². The quantitative estimate of drug-likeness (QED) is 0.612. The molecule has 9 nitrogen and oxygen atoms in total. The Bertz CT molecular complexity index is 1290. The van der Waals surface area contributed by atoms with Crippen LogP contribution >= 0.6 is 0 Å². The molecule has 2 aliphatic heterocycles. The molecule has 2 amide bonds. The first-order chi connectivity index (χ1) is 16.3. The summed E-state index contributed by atoms with van der Waals surface area (Å²) < 4.78 is 32.4. The summed E-state index contributed by atoms with van der Waals surface area (Å²) in [4.78, 5) is 16.8. The highest BCUT2D eigenvalue weighted by atomic mass is 32.2. The first-order valence-electron chi connectivity index (χ1n) is 11.3. The Morgan fingerprint density at radius 3 is 2.35 bits per heavy atom. The number of aromatic nitrogens is 1. The molecule has 0 radical (unpaired) electrons. The molecule has 2 aromatic carbocycles. The van der Waals surface area contributed by atoms with Crippen LogP contribution in [0.15, 0.2) is 57.9 Å². The number of para-hydroxylation sites is 1. The lowest BCUT2D eigenvalue weighted by molar-refractivity contribution is 0.184. The van der Waals surface area contributed by atoms with Gasteiger partial charge in [-0.1, -0.05) is 23.4 Å². The molecule has 178 valence electrons. The number of sulfonamides is 1. The van der Waals surface area contributed by atoms with E-state index in [0.717, 1.165) is 18.7 Å². The van der Waals surface area contributed by atoms with Crippen molar-refractivity contribution >= 4 is 33.1 Å². The Kier molecular flexibility index (Phi) is 5.78. The Hall–Kier alpha value is -3.37. The van der Waals surface area contributed by atoms with Crippen molar-refractivity contribution in [3.63, 3.8) is 0 Å². The monoisotopic (exact) mass is 481 g/mol. The third-order valence-corrected chi connectivity index (χ3v) is 8.55. The van der Waals surface area contributed by atoms with Crippen LogP contribution in [0.5, 0.6) is 0 Å². The van der Waals surface area contributed by atoms with Crippen LogP contribution in [0.1, 0.15) is 17.0 Å². The number of anilines is 3. The Labute approximate surface area is 199 Å². The zero-order chi connectivity index (χ0) is 23.9. The molecule has 34 heavy (non-hydrogen) atoms. The fourth-order valence-corrected chi connectivity index (χ4v) is 6.35. The van der Waals surface area contributed by atoms with Crippen molar-refractivity contribution < 1.29 is 17.7 Å². The normalized spacial score (nSPS) is 16.5. The Morgan fingerprint density at radius 1 is 0.971 bits per heavy atom. The van der Waals surface area contributed by atoms with Gasteiger partial charge in [-0.2, -0.15) is 4.31 Å². The molecule has 3 aromatic rings. The number of rotatable bonds is 4. The van der Waals surface area contributed by atoms with Crippen molar-refractivity contribution in [2.45, 2.75) is 25.2 Å². The van der Waals surface area contributed by atoms with E-state index in [1.165, 1.54) is 15.6 Å². The van der Waals surface area contributed by atoms with Crippen LogP contribution in [0.4, 0.5) is 21.9 Å². The lowest BCUT2D eigenvalue weighted by atomic mass is 10.2. The van der Waals surface area contributed by atoms with Crippen LogP contribution in [-0.2, 0) is 16.4 Å². The molecule has 0 aliphatic carbocycles. The fourth-order valence-electron chi connectivity index (χ4n) is 4.64. The number of nitrogens with one attached hydrogen (secondary N) is 1. The predicted molar refractivity (Wildman–Crippen MR) is 129 cm³/mol. The number of benzene rings is 2. The van der Waals surface area contributed by atoms with Gasteiger partial charge in [0.05, 0.1) is 0 Å². The van der Waals surface area contributed by atoms with Crippen LogP contribution in [0.3, 0.4) is 0 Å². The number of hydrogen-bond acceptors (Lipinski definition) is 6. The largest absolute Gasteiger partial charge is 0.360 e. The van der Waals surface area contributed by atoms with Crippen molar-refractivity contribution in [2.75, 3.05) is 42.9 Å². The minimum Gasteiger partial charge on any atom is -0.360 e. The maximum Gasteiger partial charge on any atom is 0.321 e. The van der Waals surface area contributed by atoms with Gasteiger partial charge in [-0.3, -0.25) is 0 Å². The molecule has 5 rings (SSSR count). The predicted octanol–water partition coefficient (Wildman–Crippen LogP) is 3.52. The summed E-state index contributed by atoms with van der Waals surface area (Å²) in [6, 6.07) is 16.0. The third kappa shape index (κ3) is 4.03. The molecule has 0 atom stereocenters. The molecule has 0 bridgehead atoms. The molecule has 0 unspecified atom stereocenters. The van der Waals surface area contributed by atoms with E-state index in [1.54, 1.807) is 18.7 Å². The summed E-state index contributed by atoms with van der Waals surface area (Å²) in [7, 11) is -3.71. The van der Waals surface area contributed by atoms with E-state index >= 15 is 0 Å². The number of amides is 2. The minimum absolute atomic E-state index is 0.117. The zero-order valence-electron chi connectivity index (χ0n) is 19.2. The molecule has 1 saturated heterocycles. The number of aryl methyl sites for hydroxylation is 2. The highest BCUT2D eigenvalue weighted by Crippen LogP contribution is 2.34. The number of hydrogen-bond donors (Lipinski definition) is 1. The van der Waals surface area contributed by atoms with Crippen LogP contribution in [0.2, 0.25) is 0 Å². The van der Waals surface area contributed by atoms with Crippen molar-refractivity contribution in [1.82, 2.24) is 14.4 Å². The zero-order valence-corrected chi connectivity index (χ0v) is 20.0. The standard InChI is InChI=1S/C24H27N5O4S/c1-17-23(18(2)33-26-17)34(31,32)28-15-13-27(14-16-28)24(30)25-20-7-9-21(10-8-20)29-12-11-19-5-3-4-6-22(19)29/h3-10H,11-16H2,1-2H3,(H,25,30). The van der Waals surface area contributed by atoms with E-state index in [4.69, 9.17) is 4.52 Å². The van der Waals surface area contributed by atoms with Gasteiger partial charge in [0, 0.05) is 49.8 Å². The maximum absolute atomic E-state index is 13.0. The molecule has 1 N–H and O–H groups in total. The third-order valence-electron chi connectivity index (χ3n) is 6.41. The summed E-state index contributed by atoms with van der Waals surface area (Å²) in [6.45, 7) is 5.17. The Balaban J connectivity index is 1.19. The van der Waals surface area contributed by atoms with Crippen molar-refractivity contribution in [3.8, 4) is 0 Å². The van der Waals surface area contributed by atoms with Crippen LogP contribution in [0, 0.1) is 13.8 Å². The van der Waals surface area contributed by atoms with E-state index in [0.29, 0.717) is 24.5 Å². The first-order valence-corrected chi connectivity index (χ1v) is 12.7. The van der Waals surface area contributed by atoms with E-state index in [1.807, 2.05) is 30.3 Å². The number of nitrogens with zero attached hydrogens (tertiary/aromatic N) is 4. The molecule has 1 fully saturated rings. The average Bonchev–Trinajstić information content (AvgIpc) is 3.42. The molecular weight excluding hydrogens is 454 g/mol. The maximum atomic E-state index is 13.0. The van der Waals surface area contributed by atoms with E-state index in [-0.39, 0.29) is 29.8 Å².